The van der Waals surface area contributed by atoms with E-state index in [9.17, 15) is 4.79 Å². The third-order valence-corrected chi connectivity index (χ3v) is 3.99. The van der Waals surface area contributed by atoms with Crippen LogP contribution in [0.1, 0.15) is 39.5 Å². The van der Waals surface area contributed by atoms with Crippen LogP contribution in [-0.4, -0.2) is 36.5 Å². The van der Waals surface area contributed by atoms with E-state index in [-0.39, 0.29) is 5.41 Å². The normalized spacial score (nSPS) is 30.5. The first kappa shape index (κ1) is 10.9. The lowest BCUT2D eigenvalue weighted by Crippen LogP contribution is -2.55. The molecule has 15 heavy (non-hydrogen) atoms. The molecule has 0 aromatic carbocycles. The summed E-state index contributed by atoms with van der Waals surface area (Å²) in [6.07, 6.45) is 4.62. The zero-order chi connectivity index (χ0) is 10.9. The van der Waals surface area contributed by atoms with E-state index < -0.39 is 0 Å². The summed E-state index contributed by atoms with van der Waals surface area (Å²) in [4.78, 5) is 14.5. The molecular weight excluding hydrogens is 188 g/mol. The molecule has 3 nitrogen and oxygen atoms in total. The fourth-order valence-corrected chi connectivity index (χ4v) is 2.86. The number of carbonyl (C=O) groups excluding carboxylic acids is 1. The molecule has 0 aromatic heterocycles. The molecule has 0 bridgehead atoms. The standard InChI is InChI=1S/C12H22N2O/c1-10-9-13-7-8-14(10)11(15)12(2)5-3-4-6-12/h10,13H,3-9H2,1-2H3. The number of nitrogens with zero attached hydrogens (tertiary/aromatic N) is 1. The third-order valence-electron chi connectivity index (χ3n) is 3.99. The molecule has 0 radical (unpaired) electrons. The summed E-state index contributed by atoms with van der Waals surface area (Å²) in [6, 6.07) is 0.365. The van der Waals surface area contributed by atoms with Crippen molar-refractivity contribution in [3.05, 3.63) is 0 Å². The largest absolute Gasteiger partial charge is 0.337 e. The van der Waals surface area contributed by atoms with E-state index in [0.717, 1.165) is 32.5 Å². The van der Waals surface area contributed by atoms with Crippen molar-refractivity contribution in [2.24, 2.45) is 5.41 Å². The molecule has 2 rings (SSSR count). The van der Waals surface area contributed by atoms with Gasteiger partial charge in [-0.2, -0.15) is 0 Å². The second-order valence-corrected chi connectivity index (χ2v) is 5.32. The van der Waals surface area contributed by atoms with E-state index in [1.165, 1.54) is 12.8 Å². The summed E-state index contributed by atoms with van der Waals surface area (Å²) >= 11 is 0. The second-order valence-electron chi connectivity index (χ2n) is 5.32. The highest BCUT2D eigenvalue weighted by Crippen LogP contribution is 2.39. The quantitative estimate of drug-likeness (QED) is 0.709. The van der Waals surface area contributed by atoms with Crippen molar-refractivity contribution in [1.29, 1.82) is 0 Å². The number of nitrogens with one attached hydrogen (secondary N) is 1. The zero-order valence-corrected chi connectivity index (χ0v) is 9.88. The molecule has 1 amide bonds. The summed E-state index contributed by atoms with van der Waals surface area (Å²) in [5.41, 5.74) is -0.0500. The molecule has 1 aliphatic carbocycles. The van der Waals surface area contributed by atoms with E-state index in [4.69, 9.17) is 0 Å². The molecule has 2 aliphatic rings. The fourth-order valence-electron chi connectivity index (χ4n) is 2.86. The summed E-state index contributed by atoms with van der Waals surface area (Å²) < 4.78 is 0. The number of piperazine rings is 1. The van der Waals surface area contributed by atoms with Crippen molar-refractivity contribution in [1.82, 2.24) is 10.2 Å². The minimum atomic E-state index is -0.0500. The van der Waals surface area contributed by atoms with E-state index in [2.05, 4.69) is 24.1 Å². The highest BCUT2D eigenvalue weighted by atomic mass is 16.2. The van der Waals surface area contributed by atoms with Gasteiger partial charge in [-0.1, -0.05) is 19.8 Å². The molecule has 1 N–H and O–H groups in total. The minimum Gasteiger partial charge on any atom is -0.337 e. The molecule has 1 atom stereocenters. The Bertz CT molecular complexity index is 246. The average molecular weight is 210 g/mol. The van der Waals surface area contributed by atoms with Crippen LogP contribution in [0.15, 0.2) is 0 Å². The highest BCUT2D eigenvalue weighted by Gasteiger charge is 2.40. The van der Waals surface area contributed by atoms with Crippen molar-refractivity contribution in [2.45, 2.75) is 45.6 Å². The molecule has 1 saturated carbocycles. The minimum absolute atomic E-state index is 0.0500. The van der Waals surface area contributed by atoms with Gasteiger partial charge < -0.3 is 10.2 Å². The number of hydrogen-bond donors (Lipinski definition) is 1. The van der Waals surface area contributed by atoms with Crippen LogP contribution < -0.4 is 5.32 Å². The molecule has 1 aliphatic heterocycles. The van der Waals surface area contributed by atoms with Crippen LogP contribution in [0.3, 0.4) is 0 Å². The van der Waals surface area contributed by atoms with Gasteiger partial charge in [-0.25, -0.2) is 0 Å². The summed E-state index contributed by atoms with van der Waals surface area (Å²) in [5.74, 6) is 0.397. The Kier molecular flexibility index (Phi) is 3.01. The molecule has 1 unspecified atom stereocenters. The molecule has 0 spiro atoms. The van der Waals surface area contributed by atoms with Crippen LogP contribution in [0.5, 0.6) is 0 Å². The van der Waals surface area contributed by atoms with Crippen molar-refractivity contribution >= 4 is 5.91 Å². The van der Waals surface area contributed by atoms with Gasteiger partial charge in [0.2, 0.25) is 5.91 Å². The van der Waals surface area contributed by atoms with E-state index >= 15 is 0 Å². The van der Waals surface area contributed by atoms with Gasteiger partial charge in [0.25, 0.3) is 0 Å². The van der Waals surface area contributed by atoms with Gasteiger partial charge >= 0.3 is 0 Å². The van der Waals surface area contributed by atoms with Gasteiger partial charge in [0.1, 0.15) is 0 Å². The van der Waals surface area contributed by atoms with Crippen LogP contribution in [0.2, 0.25) is 0 Å². The van der Waals surface area contributed by atoms with Gasteiger partial charge in [-0.05, 0) is 19.8 Å². The number of hydrogen-bond acceptors (Lipinski definition) is 2. The van der Waals surface area contributed by atoms with Crippen LogP contribution in [0, 0.1) is 5.41 Å². The zero-order valence-electron chi connectivity index (χ0n) is 9.88. The fraction of sp³-hybridized carbons (Fsp3) is 0.917. The van der Waals surface area contributed by atoms with Gasteiger partial charge in [0.05, 0.1) is 0 Å². The Labute approximate surface area is 92.2 Å². The van der Waals surface area contributed by atoms with Crippen LogP contribution in [-0.2, 0) is 4.79 Å². The molecular formula is C12H22N2O. The Hall–Kier alpha value is -0.570. The second kappa shape index (κ2) is 4.12. The van der Waals surface area contributed by atoms with Crippen molar-refractivity contribution in [3.8, 4) is 0 Å². The van der Waals surface area contributed by atoms with E-state index in [1.807, 2.05) is 0 Å². The maximum Gasteiger partial charge on any atom is 0.228 e. The number of carbonyl (C=O) groups is 1. The number of rotatable bonds is 1. The Morgan fingerprint density at radius 3 is 2.67 bits per heavy atom. The van der Waals surface area contributed by atoms with E-state index in [1.54, 1.807) is 0 Å². The van der Waals surface area contributed by atoms with E-state index in [0.29, 0.717) is 11.9 Å². The predicted molar refractivity (Wildman–Crippen MR) is 60.6 cm³/mol. The molecule has 86 valence electrons. The lowest BCUT2D eigenvalue weighted by molar-refractivity contribution is -0.143. The van der Waals surface area contributed by atoms with Gasteiger partial charge in [0.15, 0.2) is 0 Å². The van der Waals surface area contributed by atoms with Crippen LogP contribution in [0.25, 0.3) is 0 Å². The molecule has 2 fully saturated rings. The first-order valence-electron chi connectivity index (χ1n) is 6.15. The van der Waals surface area contributed by atoms with Gasteiger partial charge in [-0.15, -0.1) is 0 Å². The summed E-state index contributed by atoms with van der Waals surface area (Å²) in [5, 5.41) is 3.33. The summed E-state index contributed by atoms with van der Waals surface area (Å²) in [7, 11) is 0. The smallest absolute Gasteiger partial charge is 0.228 e. The van der Waals surface area contributed by atoms with Crippen molar-refractivity contribution in [3.63, 3.8) is 0 Å². The Morgan fingerprint density at radius 2 is 2.07 bits per heavy atom. The molecule has 1 saturated heterocycles. The molecule has 3 heteroatoms. The van der Waals surface area contributed by atoms with Crippen molar-refractivity contribution < 1.29 is 4.79 Å². The molecule has 1 heterocycles. The lowest BCUT2D eigenvalue weighted by atomic mass is 9.86. The van der Waals surface area contributed by atoms with Gasteiger partial charge in [-0.3, -0.25) is 4.79 Å². The molecule has 0 aromatic rings. The summed E-state index contributed by atoms with van der Waals surface area (Å²) in [6.45, 7) is 7.07. The topological polar surface area (TPSA) is 32.3 Å². The maximum absolute atomic E-state index is 12.4. The van der Waals surface area contributed by atoms with Crippen LogP contribution >= 0.6 is 0 Å². The monoisotopic (exact) mass is 210 g/mol. The van der Waals surface area contributed by atoms with Gasteiger partial charge in [0, 0.05) is 31.1 Å². The Balaban J connectivity index is 2.05. The maximum atomic E-state index is 12.4. The van der Waals surface area contributed by atoms with Crippen molar-refractivity contribution in [2.75, 3.05) is 19.6 Å². The lowest BCUT2D eigenvalue weighted by Gasteiger charge is -2.39. The average Bonchev–Trinajstić information content (AvgIpc) is 2.66. The van der Waals surface area contributed by atoms with Crippen LogP contribution in [0.4, 0.5) is 0 Å². The Morgan fingerprint density at radius 1 is 1.40 bits per heavy atom. The third kappa shape index (κ3) is 2.03. The highest BCUT2D eigenvalue weighted by molar-refractivity contribution is 5.83. The predicted octanol–water partition coefficient (Wildman–Crippen LogP) is 1.39. The SMILES string of the molecule is CC1CNCCN1C(=O)C1(C)CCCC1. The first-order chi connectivity index (χ1) is 7.13. The number of amides is 1. The first-order valence-corrected chi connectivity index (χ1v) is 6.15.